The molecule has 31 heavy (non-hydrogen) atoms. The van der Waals surface area contributed by atoms with Gasteiger partial charge in [-0.3, -0.25) is 4.79 Å². The molecule has 1 heterocycles. The zero-order chi connectivity index (χ0) is 22.8. The van der Waals surface area contributed by atoms with Crippen LogP contribution in [0.2, 0.25) is 0 Å². The van der Waals surface area contributed by atoms with Gasteiger partial charge in [-0.2, -0.15) is 0 Å². The molecule has 0 saturated heterocycles. The van der Waals surface area contributed by atoms with Crippen molar-refractivity contribution in [1.82, 2.24) is 9.97 Å². The van der Waals surface area contributed by atoms with Gasteiger partial charge in [0.15, 0.2) is 11.5 Å². The minimum absolute atomic E-state index is 0.245. The number of rotatable bonds is 8. The summed E-state index contributed by atoms with van der Waals surface area (Å²) in [6.07, 6.45) is 3.88. The van der Waals surface area contributed by atoms with E-state index < -0.39 is 0 Å². The molecule has 0 fully saturated rings. The first-order valence-electron chi connectivity index (χ1n) is 9.85. The molecule has 0 atom stereocenters. The third-order valence-corrected chi connectivity index (χ3v) is 4.70. The second-order valence-corrected chi connectivity index (χ2v) is 7.43. The number of hydrogen-bond donors (Lipinski definition) is 2. The van der Waals surface area contributed by atoms with E-state index in [-0.39, 0.29) is 11.7 Å². The third-order valence-electron chi connectivity index (χ3n) is 4.21. The van der Waals surface area contributed by atoms with Gasteiger partial charge in [0.25, 0.3) is 0 Å². The summed E-state index contributed by atoms with van der Waals surface area (Å²) in [5.41, 5.74) is 5.67. The smallest absolute Gasteiger partial charge is 0.217 e. The average Bonchev–Trinajstić information content (AvgIpc) is 2.76. The van der Waals surface area contributed by atoms with Crippen molar-refractivity contribution >= 4 is 44.2 Å². The molecular formula is C22H26BrFN4O3. The van der Waals surface area contributed by atoms with Gasteiger partial charge in [0.1, 0.15) is 18.0 Å². The Bertz CT molecular complexity index is 1030. The number of primary amides is 1. The number of nitrogens with zero attached hydrogens (tertiary/aromatic N) is 2. The van der Waals surface area contributed by atoms with Crippen molar-refractivity contribution in [1.29, 1.82) is 0 Å². The third kappa shape index (κ3) is 7.06. The Hall–Kier alpha value is -2.94. The SMILES string of the molecule is CCC(N)=O.CCCCOc1cc2ncnc(Nc3ccc(Br)cc3F)c2cc1OC. The van der Waals surface area contributed by atoms with Gasteiger partial charge in [0.05, 0.1) is 24.9 Å². The predicted octanol–water partition coefficient (Wildman–Crippen LogP) is 5.34. The highest BCUT2D eigenvalue weighted by molar-refractivity contribution is 9.10. The summed E-state index contributed by atoms with van der Waals surface area (Å²) in [5.74, 6) is 1.09. The molecule has 0 aliphatic rings. The summed E-state index contributed by atoms with van der Waals surface area (Å²) in [6, 6.07) is 8.41. The number of fused-ring (bicyclic) bond motifs is 1. The van der Waals surface area contributed by atoms with E-state index in [0.717, 1.165) is 18.2 Å². The number of nitrogens with two attached hydrogens (primary N) is 1. The lowest BCUT2D eigenvalue weighted by atomic mass is 10.2. The fraction of sp³-hybridized carbons (Fsp3) is 0.318. The molecular weight excluding hydrogens is 467 g/mol. The first-order chi connectivity index (χ1) is 14.9. The van der Waals surface area contributed by atoms with Crippen LogP contribution in [0.3, 0.4) is 0 Å². The molecule has 7 nitrogen and oxygen atoms in total. The van der Waals surface area contributed by atoms with Gasteiger partial charge in [-0.05, 0) is 30.7 Å². The van der Waals surface area contributed by atoms with Crippen molar-refractivity contribution in [3.63, 3.8) is 0 Å². The van der Waals surface area contributed by atoms with Crippen LogP contribution in [0.4, 0.5) is 15.9 Å². The van der Waals surface area contributed by atoms with E-state index in [9.17, 15) is 9.18 Å². The molecule has 0 aliphatic heterocycles. The number of carbonyl (C=O) groups excluding carboxylic acids is 1. The zero-order valence-electron chi connectivity index (χ0n) is 17.7. The number of nitrogens with one attached hydrogen (secondary N) is 1. The summed E-state index contributed by atoms with van der Waals surface area (Å²) < 4.78 is 26.0. The summed E-state index contributed by atoms with van der Waals surface area (Å²) in [6.45, 7) is 4.44. The molecule has 0 radical (unpaired) electrons. The van der Waals surface area contributed by atoms with E-state index >= 15 is 0 Å². The molecule has 0 bridgehead atoms. The number of aromatic nitrogens is 2. The molecule has 0 saturated carbocycles. The van der Waals surface area contributed by atoms with Crippen LogP contribution in [0.5, 0.6) is 11.5 Å². The number of unbranched alkanes of at least 4 members (excludes halogenated alkanes) is 1. The van der Waals surface area contributed by atoms with E-state index in [4.69, 9.17) is 9.47 Å². The van der Waals surface area contributed by atoms with E-state index in [1.54, 1.807) is 32.2 Å². The number of benzene rings is 2. The van der Waals surface area contributed by atoms with Crippen molar-refractivity contribution in [2.75, 3.05) is 19.0 Å². The lowest BCUT2D eigenvalue weighted by molar-refractivity contribution is -0.117. The Morgan fingerprint density at radius 3 is 2.55 bits per heavy atom. The molecule has 3 aromatic rings. The highest BCUT2D eigenvalue weighted by Gasteiger charge is 2.13. The summed E-state index contributed by atoms with van der Waals surface area (Å²) in [4.78, 5) is 18.1. The normalized spacial score (nSPS) is 10.2. The molecule has 0 aliphatic carbocycles. The maximum Gasteiger partial charge on any atom is 0.217 e. The highest BCUT2D eigenvalue weighted by atomic mass is 79.9. The Kier molecular flexibility index (Phi) is 9.45. The van der Waals surface area contributed by atoms with Crippen LogP contribution in [-0.4, -0.2) is 29.6 Å². The number of carbonyl (C=O) groups is 1. The van der Waals surface area contributed by atoms with Crippen LogP contribution in [0.15, 0.2) is 41.1 Å². The van der Waals surface area contributed by atoms with Gasteiger partial charge in [-0.1, -0.05) is 36.2 Å². The molecule has 1 amide bonds. The standard InChI is InChI=1S/C19H19BrFN3O2.C3H7NO/c1-3-4-7-26-18-10-16-13(9-17(18)25-2)19(23-11-22-16)24-15-6-5-12(20)8-14(15)21;1-2-3(4)5/h5-6,8-11H,3-4,7H2,1-2H3,(H,22,23,24);2H2,1H3,(H2,4,5). The average molecular weight is 493 g/mol. The second kappa shape index (κ2) is 12.0. The van der Waals surface area contributed by atoms with Crippen molar-refractivity contribution in [3.05, 3.63) is 46.9 Å². The van der Waals surface area contributed by atoms with Crippen molar-refractivity contribution in [3.8, 4) is 11.5 Å². The number of ether oxygens (including phenoxy) is 2. The van der Waals surface area contributed by atoms with E-state index in [1.807, 2.05) is 6.07 Å². The Morgan fingerprint density at radius 1 is 1.19 bits per heavy atom. The lowest BCUT2D eigenvalue weighted by Crippen LogP contribution is -2.06. The molecule has 3 N–H and O–H groups in total. The summed E-state index contributed by atoms with van der Waals surface area (Å²) >= 11 is 3.25. The zero-order valence-corrected chi connectivity index (χ0v) is 19.3. The number of halogens is 2. The van der Waals surface area contributed by atoms with E-state index in [2.05, 4.69) is 43.9 Å². The van der Waals surface area contributed by atoms with Gasteiger partial charge >= 0.3 is 0 Å². The molecule has 0 spiro atoms. The van der Waals surface area contributed by atoms with Gasteiger partial charge < -0.3 is 20.5 Å². The number of hydrogen-bond acceptors (Lipinski definition) is 6. The second-order valence-electron chi connectivity index (χ2n) is 6.51. The Balaban J connectivity index is 0.000000614. The first-order valence-corrected chi connectivity index (χ1v) is 10.6. The summed E-state index contributed by atoms with van der Waals surface area (Å²) in [5, 5.41) is 3.74. The van der Waals surface area contributed by atoms with Crippen molar-refractivity contribution < 1.29 is 18.7 Å². The van der Waals surface area contributed by atoms with Gasteiger partial charge in [0.2, 0.25) is 5.91 Å². The molecule has 2 aromatic carbocycles. The predicted molar refractivity (Wildman–Crippen MR) is 123 cm³/mol. The number of amides is 1. The molecule has 1 aromatic heterocycles. The molecule has 0 unspecified atom stereocenters. The minimum Gasteiger partial charge on any atom is -0.493 e. The Labute approximate surface area is 189 Å². The monoisotopic (exact) mass is 492 g/mol. The van der Waals surface area contributed by atoms with Gasteiger partial charge in [-0.15, -0.1) is 0 Å². The maximum absolute atomic E-state index is 14.1. The van der Waals surface area contributed by atoms with E-state index in [0.29, 0.717) is 46.0 Å². The minimum atomic E-state index is -0.377. The van der Waals surface area contributed by atoms with Crippen molar-refractivity contribution in [2.45, 2.75) is 33.1 Å². The fourth-order valence-corrected chi connectivity index (χ4v) is 2.81. The maximum atomic E-state index is 14.1. The van der Waals surface area contributed by atoms with Crippen LogP contribution in [-0.2, 0) is 4.79 Å². The topological polar surface area (TPSA) is 99.4 Å². The number of anilines is 2. The largest absolute Gasteiger partial charge is 0.493 e. The van der Waals surface area contributed by atoms with Crippen LogP contribution < -0.4 is 20.5 Å². The highest BCUT2D eigenvalue weighted by Crippen LogP contribution is 2.35. The Morgan fingerprint density at radius 2 is 1.94 bits per heavy atom. The van der Waals surface area contributed by atoms with Crippen LogP contribution in [0, 0.1) is 5.82 Å². The molecule has 166 valence electrons. The van der Waals surface area contributed by atoms with Crippen molar-refractivity contribution in [2.24, 2.45) is 5.73 Å². The summed E-state index contributed by atoms with van der Waals surface area (Å²) in [7, 11) is 1.58. The number of methoxy groups -OCH3 is 1. The fourth-order valence-electron chi connectivity index (χ4n) is 2.48. The molecule has 3 rings (SSSR count). The van der Waals surface area contributed by atoms with Crippen LogP contribution >= 0.6 is 15.9 Å². The van der Waals surface area contributed by atoms with Gasteiger partial charge in [-0.25, -0.2) is 14.4 Å². The van der Waals surface area contributed by atoms with Crippen LogP contribution in [0.1, 0.15) is 33.1 Å². The van der Waals surface area contributed by atoms with E-state index in [1.165, 1.54) is 12.4 Å². The lowest BCUT2D eigenvalue weighted by Gasteiger charge is -2.14. The first kappa shape index (κ1) is 24.3. The van der Waals surface area contributed by atoms with Crippen LogP contribution in [0.25, 0.3) is 10.9 Å². The van der Waals surface area contributed by atoms with Gasteiger partial charge in [0, 0.05) is 22.3 Å². The molecule has 9 heteroatoms. The quantitative estimate of drug-likeness (QED) is 0.411.